The Kier molecular flexibility index (Phi) is 4.91. The molecule has 0 saturated carbocycles. The van der Waals surface area contributed by atoms with E-state index in [1.54, 1.807) is 6.92 Å². The van der Waals surface area contributed by atoms with Gasteiger partial charge in [-0.15, -0.1) is 0 Å². The molecule has 0 unspecified atom stereocenters. The molecule has 104 valence electrons. The summed E-state index contributed by atoms with van der Waals surface area (Å²) in [4.78, 5) is 44.1. The Morgan fingerprint density at radius 1 is 0.850 bits per heavy atom. The number of carboxylic acids is 2. The van der Waals surface area contributed by atoms with Gasteiger partial charge in [0.25, 0.3) is 0 Å². The van der Waals surface area contributed by atoms with Gasteiger partial charge in [-0.1, -0.05) is 19.1 Å². The van der Waals surface area contributed by atoms with E-state index in [1.807, 2.05) is 0 Å². The van der Waals surface area contributed by atoms with Crippen molar-refractivity contribution in [1.29, 1.82) is 0 Å². The predicted octanol–water partition coefficient (Wildman–Crippen LogP) is 0.909. The second kappa shape index (κ2) is 6.42. The summed E-state index contributed by atoms with van der Waals surface area (Å²) in [5.74, 6) is -3.98. The quantitative estimate of drug-likeness (QED) is 0.698. The summed E-state index contributed by atoms with van der Waals surface area (Å²) in [6, 6.07) is 0. The van der Waals surface area contributed by atoms with E-state index >= 15 is 0 Å². The number of carboxylic acid groups (broad SMARTS) is 2. The largest absolute Gasteiger partial charge is 0.478 e. The van der Waals surface area contributed by atoms with Crippen molar-refractivity contribution >= 4 is 23.5 Å². The number of rotatable bonds is 6. The molecule has 2 N–H and O–H groups in total. The molecule has 20 heavy (non-hydrogen) atoms. The standard InChI is InChI=1S/C14H12O6/c1-8-9(11(15)4-6-13(17)18)2-3-10(8)12(16)5-7-14(19)20/h2-8H,1H3,(H,17,18)(H,19,20). The summed E-state index contributed by atoms with van der Waals surface area (Å²) in [5, 5.41) is 16.9. The highest BCUT2D eigenvalue weighted by Gasteiger charge is 2.26. The summed E-state index contributed by atoms with van der Waals surface area (Å²) in [7, 11) is 0. The predicted molar refractivity (Wildman–Crippen MR) is 68.9 cm³/mol. The van der Waals surface area contributed by atoms with Crippen molar-refractivity contribution in [2.45, 2.75) is 6.92 Å². The first-order chi connectivity index (χ1) is 9.32. The van der Waals surface area contributed by atoms with Crippen molar-refractivity contribution in [1.82, 2.24) is 0 Å². The minimum Gasteiger partial charge on any atom is -0.478 e. The first kappa shape index (κ1) is 15.3. The summed E-state index contributed by atoms with van der Waals surface area (Å²) >= 11 is 0. The Hall–Kier alpha value is -2.76. The highest BCUT2D eigenvalue weighted by molar-refractivity contribution is 6.13. The molecular weight excluding hydrogens is 264 g/mol. The van der Waals surface area contributed by atoms with Crippen molar-refractivity contribution in [2.24, 2.45) is 5.92 Å². The Morgan fingerprint density at radius 3 is 1.50 bits per heavy atom. The maximum Gasteiger partial charge on any atom is 0.328 e. The molecule has 1 rings (SSSR count). The first-order valence-electron chi connectivity index (χ1n) is 5.65. The SMILES string of the molecule is CC1C(C(=O)C=CC(=O)O)=CC=C1C(=O)C=CC(=O)O. The number of aliphatic carboxylic acids is 2. The molecule has 0 aromatic carbocycles. The van der Waals surface area contributed by atoms with Crippen LogP contribution in [0.25, 0.3) is 0 Å². The molecule has 0 radical (unpaired) electrons. The molecule has 0 fully saturated rings. The second-order valence-electron chi connectivity index (χ2n) is 4.04. The highest BCUT2D eigenvalue weighted by Crippen LogP contribution is 2.28. The first-order valence-corrected chi connectivity index (χ1v) is 5.65. The maximum atomic E-state index is 11.7. The van der Waals surface area contributed by atoms with E-state index in [4.69, 9.17) is 10.2 Å². The average Bonchev–Trinajstić information content (AvgIpc) is 2.75. The summed E-state index contributed by atoms with van der Waals surface area (Å²) < 4.78 is 0. The summed E-state index contributed by atoms with van der Waals surface area (Å²) in [6.45, 7) is 1.61. The summed E-state index contributed by atoms with van der Waals surface area (Å²) in [5.41, 5.74) is 0.573. The lowest BCUT2D eigenvalue weighted by Gasteiger charge is -2.09. The zero-order valence-electron chi connectivity index (χ0n) is 10.6. The molecule has 6 nitrogen and oxygen atoms in total. The van der Waals surface area contributed by atoms with Gasteiger partial charge in [0.15, 0.2) is 11.6 Å². The van der Waals surface area contributed by atoms with E-state index in [2.05, 4.69) is 0 Å². The van der Waals surface area contributed by atoms with E-state index < -0.39 is 29.4 Å². The Morgan fingerprint density at radius 2 is 1.20 bits per heavy atom. The molecule has 0 aliphatic heterocycles. The highest BCUT2D eigenvalue weighted by atomic mass is 16.4. The molecule has 0 atom stereocenters. The fourth-order valence-electron chi connectivity index (χ4n) is 1.71. The van der Waals surface area contributed by atoms with Crippen LogP contribution in [-0.4, -0.2) is 33.7 Å². The lowest BCUT2D eigenvalue weighted by atomic mass is 9.92. The molecule has 0 bridgehead atoms. The molecule has 0 saturated heterocycles. The summed E-state index contributed by atoms with van der Waals surface area (Å²) in [6.07, 6.45) is 6.14. The van der Waals surface area contributed by atoms with E-state index in [0.29, 0.717) is 0 Å². The smallest absolute Gasteiger partial charge is 0.328 e. The van der Waals surface area contributed by atoms with Crippen LogP contribution in [0.5, 0.6) is 0 Å². The van der Waals surface area contributed by atoms with Crippen molar-refractivity contribution in [3.8, 4) is 0 Å². The van der Waals surface area contributed by atoms with Gasteiger partial charge in [0.05, 0.1) is 0 Å². The Balaban J connectivity index is 2.78. The van der Waals surface area contributed by atoms with Crippen LogP contribution in [0.1, 0.15) is 6.92 Å². The van der Waals surface area contributed by atoms with Crippen LogP contribution < -0.4 is 0 Å². The maximum absolute atomic E-state index is 11.7. The monoisotopic (exact) mass is 276 g/mol. The van der Waals surface area contributed by atoms with Gasteiger partial charge in [0, 0.05) is 29.2 Å². The lowest BCUT2D eigenvalue weighted by Crippen LogP contribution is -2.12. The topological polar surface area (TPSA) is 109 Å². The number of hydrogen-bond donors (Lipinski definition) is 2. The van der Waals surface area contributed by atoms with Crippen molar-refractivity contribution in [3.63, 3.8) is 0 Å². The lowest BCUT2D eigenvalue weighted by molar-refractivity contribution is -0.132. The third-order valence-corrected chi connectivity index (χ3v) is 2.70. The average molecular weight is 276 g/mol. The van der Waals surface area contributed by atoms with Crippen LogP contribution in [0.4, 0.5) is 0 Å². The number of carbonyl (C=O) groups excluding carboxylic acids is 2. The van der Waals surface area contributed by atoms with Gasteiger partial charge in [0.1, 0.15) is 0 Å². The van der Waals surface area contributed by atoms with Crippen LogP contribution in [0.2, 0.25) is 0 Å². The molecule has 0 aromatic rings. The number of hydrogen-bond acceptors (Lipinski definition) is 4. The normalized spacial score (nSPS) is 18.1. The molecule has 1 aliphatic rings. The van der Waals surface area contributed by atoms with Crippen LogP contribution in [0, 0.1) is 5.92 Å². The molecule has 0 spiro atoms. The van der Waals surface area contributed by atoms with Gasteiger partial charge in [-0.3, -0.25) is 9.59 Å². The number of ketones is 2. The van der Waals surface area contributed by atoms with Crippen LogP contribution in [0.15, 0.2) is 47.6 Å². The number of allylic oxidation sites excluding steroid dienone is 6. The molecule has 6 heteroatoms. The zero-order chi connectivity index (χ0) is 15.3. The van der Waals surface area contributed by atoms with Gasteiger partial charge in [0.2, 0.25) is 0 Å². The Labute approximate surface area is 114 Å². The van der Waals surface area contributed by atoms with Crippen molar-refractivity contribution in [3.05, 3.63) is 47.6 Å². The van der Waals surface area contributed by atoms with Gasteiger partial charge in [-0.2, -0.15) is 0 Å². The second-order valence-corrected chi connectivity index (χ2v) is 4.04. The van der Waals surface area contributed by atoms with E-state index in [9.17, 15) is 19.2 Å². The fraction of sp³-hybridized carbons (Fsp3) is 0.143. The van der Waals surface area contributed by atoms with Gasteiger partial charge < -0.3 is 10.2 Å². The Bertz CT molecular complexity index is 537. The minimum atomic E-state index is -1.24. The minimum absolute atomic E-state index is 0.287. The van der Waals surface area contributed by atoms with E-state index in [0.717, 1.165) is 24.3 Å². The molecule has 0 aromatic heterocycles. The van der Waals surface area contributed by atoms with Gasteiger partial charge in [-0.25, -0.2) is 9.59 Å². The fourth-order valence-corrected chi connectivity index (χ4v) is 1.71. The third-order valence-electron chi connectivity index (χ3n) is 2.70. The molecular formula is C14H12O6. The van der Waals surface area contributed by atoms with Crippen LogP contribution in [0.3, 0.4) is 0 Å². The van der Waals surface area contributed by atoms with Crippen LogP contribution in [-0.2, 0) is 19.2 Å². The molecule has 0 amide bonds. The van der Waals surface area contributed by atoms with E-state index in [1.165, 1.54) is 12.2 Å². The zero-order valence-corrected chi connectivity index (χ0v) is 10.6. The van der Waals surface area contributed by atoms with Gasteiger partial charge >= 0.3 is 11.9 Å². The third kappa shape index (κ3) is 3.88. The van der Waals surface area contributed by atoms with Crippen molar-refractivity contribution in [2.75, 3.05) is 0 Å². The van der Waals surface area contributed by atoms with Crippen LogP contribution >= 0.6 is 0 Å². The molecule has 0 heterocycles. The van der Waals surface area contributed by atoms with E-state index in [-0.39, 0.29) is 11.1 Å². The van der Waals surface area contributed by atoms with Gasteiger partial charge in [-0.05, 0) is 12.2 Å². The number of carbonyl (C=O) groups is 4. The van der Waals surface area contributed by atoms with Crippen molar-refractivity contribution < 1.29 is 29.4 Å². The molecule has 1 aliphatic carbocycles.